The number of hydrogen-bond acceptors (Lipinski definition) is 0. The van der Waals surface area contributed by atoms with E-state index in [1.54, 1.807) is 0 Å². The molecule has 26 heavy (non-hydrogen) atoms. The predicted molar refractivity (Wildman–Crippen MR) is 94.2 cm³/mol. The summed E-state index contributed by atoms with van der Waals surface area (Å²) >= 11 is 0. The Hall–Kier alpha value is -2.62. The highest BCUT2D eigenvalue weighted by molar-refractivity contribution is 5.36. The lowest BCUT2D eigenvalue weighted by Gasteiger charge is -2.11. The third-order valence-electron chi connectivity index (χ3n) is 4.49. The minimum Gasteiger partial charge on any atom is -0.203 e. The van der Waals surface area contributed by atoms with Gasteiger partial charge in [0.15, 0.2) is 23.3 Å². The van der Waals surface area contributed by atoms with E-state index in [9.17, 15) is 17.6 Å². The maximum atomic E-state index is 14.4. The molecule has 0 amide bonds. The van der Waals surface area contributed by atoms with E-state index < -0.39 is 23.3 Å². The molecule has 0 saturated heterocycles. The first kappa shape index (κ1) is 18.2. The lowest BCUT2D eigenvalue weighted by atomic mass is 9.98. The third-order valence-corrected chi connectivity index (χ3v) is 4.49. The van der Waals surface area contributed by atoms with Crippen molar-refractivity contribution in [1.29, 1.82) is 0 Å². The molecule has 0 aliphatic carbocycles. The Bertz CT molecular complexity index is 943. The van der Waals surface area contributed by atoms with Crippen LogP contribution in [0.4, 0.5) is 17.6 Å². The van der Waals surface area contributed by atoms with Crippen LogP contribution in [0.2, 0.25) is 0 Å². The molecule has 0 aliphatic rings. The molecule has 0 N–H and O–H groups in total. The molecule has 3 rings (SSSR count). The number of rotatable bonds is 4. The molecule has 0 bridgehead atoms. The summed E-state index contributed by atoms with van der Waals surface area (Å²) in [5.41, 5.74) is 2.35. The average Bonchev–Trinajstić information content (AvgIpc) is 2.63. The molecule has 0 fully saturated rings. The Morgan fingerprint density at radius 3 is 1.58 bits per heavy atom. The van der Waals surface area contributed by atoms with E-state index in [1.165, 1.54) is 31.2 Å². The Balaban J connectivity index is 1.88. The fourth-order valence-electron chi connectivity index (χ4n) is 2.86. The minimum absolute atomic E-state index is 0.00214. The molecule has 0 spiro atoms. The van der Waals surface area contributed by atoms with E-state index in [-0.39, 0.29) is 35.1 Å². The largest absolute Gasteiger partial charge is 0.203 e. The van der Waals surface area contributed by atoms with E-state index in [0.29, 0.717) is 0 Å². The molecule has 0 aromatic heterocycles. The summed E-state index contributed by atoms with van der Waals surface area (Å²) in [7, 11) is 0. The van der Waals surface area contributed by atoms with Crippen LogP contribution in [0.3, 0.4) is 0 Å². The van der Waals surface area contributed by atoms with Gasteiger partial charge in [-0.15, -0.1) is 0 Å². The summed E-state index contributed by atoms with van der Waals surface area (Å²) in [5, 5.41) is 0. The van der Waals surface area contributed by atoms with Gasteiger partial charge >= 0.3 is 0 Å². The summed E-state index contributed by atoms with van der Waals surface area (Å²) in [6, 6.07) is 13.3. The summed E-state index contributed by atoms with van der Waals surface area (Å²) in [4.78, 5) is 0. The molecule has 0 saturated carbocycles. The van der Waals surface area contributed by atoms with Gasteiger partial charge in [0.2, 0.25) is 0 Å². The Kier molecular flexibility index (Phi) is 5.12. The lowest BCUT2D eigenvalue weighted by Crippen LogP contribution is -2.04. The van der Waals surface area contributed by atoms with E-state index in [2.05, 4.69) is 0 Å². The zero-order valence-corrected chi connectivity index (χ0v) is 14.5. The van der Waals surface area contributed by atoms with Gasteiger partial charge < -0.3 is 0 Å². The zero-order valence-electron chi connectivity index (χ0n) is 14.5. The van der Waals surface area contributed by atoms with Crippen LogP contribution >= 0.6 is 0 Å². The van der Waals surface area contributed by atoms with Gasteiger partial charge in [-0.25, -0.2) is 17.6 Å². The monoisotopic (exact) mass is 358 g/mol. The van der Waals surface area contributed by atoms with Crippen LogP contribution < -0.4 is 0 Å². The van der Waals surface area contributed by atoms with Crippen molar-refractivity contribution in [3.8, 4) is 0 Å². The topological polar surface area (TPSA) is 0 Å². The summed E-state index contributed by atoms with van der Waals surface area (Å²) in [6.07, 6.45) is 0.0490. The third kappa shape index (κ3) is 3.64. The van der Waals surface area contributed by atoms with E-state index in [4.69, 9.17) is 0 Å². The number of halogens is 4. The number of hydrogen-bond donors (Lipinski definition) is 0. The molecule has 3 aromatic rings. The normalized spacial score (nSPS) is 11.0. The van der Waals surface area contributed by atoms with Gasteiger partial charge in [-0.3, -0.25) is 0 Å². The fourth-order valence-corrected chi connectivity index (χ4v) is 2.86. The number of aryl methyl sites for hydroxylation is 2. The second-order valence-corrected chi connectivity index (χ2v) is 6.52. The van der Waals surface area contributed by atoms with E-state index >= 15 is 0 Å². The summed E-state index contributed by atoms with van der Waals surface area (Å²) in [6.45, 7) is 3.40. The maximum absolute atomic E-state index is 14.4. The van der Waals surface area contributed by atoms with Gasteiger partial charge in [0, 0.05) is 12.8 Å². The molecule has 0 radical (unpaired) electrons. The molecule has 0 aliphatic heterocycles. The summed E-state index contributed by atoms with van der Waals surface area (Å²) < 4.78 is 56.5. The van der Waals surface area contributed by atoms with Crippen molar-refractivity contribution in [3.05, 3.63) is 105 Å². The highest BCUT2D eigenvalue weighted by Crippen LogP contribution is 2.24. The first-order valence-electron chi connectivity index (χ1n) is 8.31. The van der Waals surface area contributed by atoms with Gasteiger partial charge in [0.25, 0.3) is 0 Å². The Morgan fingerprint density at radius 1 is 0.538 bits per heavy atom. The van der Waals surface area contributed by atoms with Gasteiger partial charge in [-0.05, 0) is 41.7 Å². The van der Waals surface area contributed by atoms with Gasteiger partial charge in [0.1, 0.15) is 0 Å². The standard InChI is InChI=1S/C22H18F4/c1-13-3-6-15(7-4-13)11-16-9-10-18(22(26)21(16)25)12-17-8-5-14(2)19(23)20(17)24/h3-10H,11-12H2,1-2H3. The average molecular weight is 358 g/mol. The molecule has 0 nitrogen and oxygen atoms in total. The molecule has 0 unspecified atom stereocenters. The second kappa shape index (κ2) is 7.32. The fraction of sp³-hybridized carbons (Fsp3) is 0.182. The molecule has 0 atom stereocenters. The summed E-state index contributed by atoms with van der Waals surface area (Å²) in [5.74, 6) is -3.95. The van der Waals surface area contributed by atoms with Crippen LogP contribution in [0, 0.1) is 37.1 Å². The second-order valence-electron chi connectivity index (χ2n) is 6.52. The molecular weight excluding hydrogens is 340 g/mol. The molecule has 134 valence electrons. The van der Waals surface area contributed by atoms with E-state index in [0.717, 1.165) is 11.1 Å². The number of benzene rings is 3. The Labute approximate surface area is 150 Å². The first-order chi connectivity index (χ1) is 12.4. The molecule has 0 heterocycles. The van der Waals surface area contributed by atoms with Crippen LogP contribution in [-0.2, 0) is 12.8 Å². The maximum Gasteiger partial charge on any atom is 0.162 e. The Morgan fingerprint density at radius 2 is 1.00 bits per heavy atom. The van der Waals surface area contributed by atoms with Crippen molar-refractivity contribution in [2.45, 2.75) is 26.7 Å². The van der Waals surface area contributed by atoms with Crippen molar-refractivity contribution in [2.24, 2.45) is 0 Å². The van der Waals surface area contributed by atoms with Crippen molar-refractivity contribution in [2.75, 3.05) is 0 Å². The van der Waals surface area contributed by atoms with Crippen LogP contribution in [0.25, 0.3) is 0 Å². The van der Waals surface area contributed by atoms with Gasteiger partial charge in [-0.2, -0.15) is 0 Å². The first-order valence-corrected chi connectivity index (χ1v) is 8.31. The van der Waals surface area contributed by atoms with Crippen molar-refractivity contribution in [3.63, 3.8) is 0 Å². The minimum atomic E-state index is -1.02. The van der Waals surface area contributed by atoms with Crippen molar-refractivity contribution < 1.29 is 17.6 Å². The molecule has 3 aromatic carbocycles. The van der Waals surface area contributed by atoms with Crippen LogP contribution in [0.5, 0.6) is 0 Å². The highest BCUT2D eigenvalue weighted by Gasteiger charge is 2.17. The SMILES string of the molecule is Cc1ccc(Cc2ccc(Cc3ccc(C)c(F)c3F)c(F)c2F)cc1. The van der Waals surface area contributed by atoms with Crippen LogP contribution in [0.1, 0.15) is 33.4 Å². The zero-order chi connectivity index (χ0) is 18.8. The van der Waals surface area contributed by atoms with Gasteiger partial charge in [-0.1, -0.05) is 54.1 Å². The van der Waals surface area contributed by atoms with Crippen molar-refractivity contribution in [1.82, 2.24) is 0 Å². The molecular formula is C22H18F4. The smallest absolute Gasteiger partial charge is 0.162 e. The highest BCUT2D eigenvalue weighted by atomic mass is 19.2. The van der Waals surface area contributed by atoms with Crippen LogP contribution in [0.15, 0.2) is 48.5 Å². The molecule has 4 heteroatoms. The predicted octanol–water partition coefficient (Wildman–Crippen LogP) is 6.04. The van der Waals surface area contributed by atoms with Crippen LogP contribution in [-0.4, -0.2) is 0 Å². The van der Waals surface area contributed by atoms with Crippen molar-refractivity contribution >= 4 is 0 Å². The van der Waals surface area contributed by atoms with Gasteiger partial charge in [0.05, 0.1) is 0 Å². The lowest BCUT2D eigenvalue weighted by molar-refractivity contribution is 0.485. The van der Waals surface area contributed by atoms with E-state index in [1.807, 2.05) is 31.2 Å². The quantitative estimate of drug-likeness (QED) is 0.499.